The second-order valence-corrected chi connectivity index (χ2v) is 6.32. The van der Waals surface area contributed by atoms with Gasteiger partial charge in [-0.1, -0.05) is 6.07 Å². The van der Waals surface area contributed by atoms with Crippen molar-refractivity contribution in [3.63, 3.8) is 0 Å². The van der Waals surface area contributed by atoms with Crippen LogP contribution in [-0.4, -0.2) is 65.6 Å². The van der Waals surface area contributed by atoms with Crippen molar-refractivity contribution in [2.75, 3.05) is 32.8 Å². The van der Waals surface area contributed by atoms with Gasteiger partial charge in [0.05, 0.1) is 18.4 Å². The predicted octanol–water partition coefficient (Wildman–Crippen LogP) is 1.81. The number of carbonyl (C=O) groups excluding carboxylic acids is 1. The lowest BCUT2D eigenvalue weighted by Crippen LogP contribution is -2.51. The zero-order valence-electron chi connectivity index (χ0n) is 13.7. The van der Waals surface area contributed by atoms with Crippen molar-refractivity contribution in [2.45, 2.75) is 31.9 Å². The van der Waals surface area contributed by atoms with Gasteiger partial charge in [0.15, 0.2) is 0 Å². The maximum Gasteiger partial charge on any atom is 0.246 e. The first kappa shape index (κ1) is 16.1. The Morgan fingerprint density at radius 1 is 1.30 bits per heavy atom. The molecule has 1 aromatic rings. The molecule has 2 fully saturated rings. The summed E-state index contributed by atoms with van der Waals surface area (Å²) in [6.45, 7) is 6.66. The van der Waals surface area contributed by atoms with Gasteiger partial charge in [-0.05, 0) is 38.0 Å². The van der Waals surface area contributed by atoms with Crippen LogP contribution in [0.3, 0.4) is 0 Å². The number of hydrogen-bond donors (Lipinski definition) is 0. The van der Waals surface area contributed by atoms with Crippen LogP contribution in [0.5, 0.6) is 0 Å². The number of carbonyl (C=O) groups is 1. The van der Waals surface area contributed by atoms with Crippen molar-refractivity contribution < 1.29 is 9.53 Å². The standard InChI is InChI=1S/C18H25N3O2/c1-15-14-21(12-13-23-15)17-7-10-20(11-8-17)18(22)6-5-16-4-2-3-9-19-16/h2-6,9,15,17H,7-8,10-14H2,1H3. The van der Waals surface area contributed by atoms with Gasteiger partial charge < -0.3 is 9.64 Å². The normalized spacial score (nSPS) is 24.2. The molecule has 0 bridgehead atoms. The fraction of sp³-hybridized carbons (Fsp3) is 0.556. The maximum absolute atomic E-state index is 12.3. The fourth-order valence-corrected chi connectivity index (χ4v) is 3.37. The molecule has 23 heavy (non-hydrogen) atoms. The molecule has 0 radical (unpaired) electrons. The molecule has 5 heteroatoms. The van der Waals surface area contributed by atoms with Gasteiger partial charge in [-0.25, -0.2) is 0 Å². The van der Waals surface area contributed by atoms with Crippen LogP contribution >= 0.6 is 0 Å². The van der Waals surface area contributed by atoms with Crippen LogP contribution in [-0.2, 0) is 9.53 Å². The molecule has 1 aromatic heterocycles. The summed E-state index contributed by atoms with van der Waals surface area (Å²) in [7, 11) is 0. The monoisotopic (exact) mass is 315 g/mol. The van der Waals surface area contributed by atoms with Crippen molar-refractivity contribution >= 4 is 12.0 Å². The second kappa shape index (κ2) is 7.70. The largest absolute Gasteiger partial charge is 0.376 e. The molecule has 0 aliphatic carbocycles. The highest BCUT2D eigenvalue weighted by molar-refractivity contribution is 5.91. The lowest BCUT2D eigenvalue weighted by Gasteiger charge is -2.41. The minimum Gasteiger partial charge on any atom is -0.376 e. The van der Waals surface area contributed by atoms with Gasteiger partial charge in [0.25, 0.3) is 0 Å². The van der Waals surface area contributed by atoms with Crippen molar-refractivity contribution in [3.8, 4) is 0 Å². The number of likely N-dealkylation sites (tertiary alicyclic amines) is 1. The lowest BCUT2D eigenvalue weighted by molar-refractivity contribution is -0.128. The summed E-state index contributed by atoms with van der Waals surface area (Å²) in [6.07, 6.45) is 7.59. The van der Waals surface area contributed by atoms with Crippen LogP contribution < -0.4 is 0 Å². The van der Waals surface area contributed by atoms with E-state index in [1.54, 1.807) is 18.3 Å². The van der Waals surface area contributed by atoms with E-state index in [9.17, 15) is 4.79 Å². The number of hydrogen-bond acceptors (Lipinski definition) is 4. The second-order valence-electron chi connectivity index (χ2n) is 6.32. The van der Waals surface area contributed by atoms with E-state index in [-0.39, 0.29) is 5.91 Å². The molecule has 2 aliphatic rings. The fourth-order valence-electron chi connectivity index (χ4n) is 3.37. The van der Waals surface area contributed by atoms with Gasteiger partial charge in [-0.15, -0.1) is 0 Å². The molecule has 2 saturated heterocycles. The van der Waals surface area contributed by atoms with Gasteiger partial charge >= 0.3 is 0 Å². The van der Waals surface area contributed by atoms with E-state index in [2.05, 4.69) is 16.8 Å². The Balaban J connectivity index is 1.48. The SMILES string of the molecule is CC1CN(C2CCN(C(=O)C=Cc3ccccn3)CC2)CCO1. The van der Waals surface area contributed by atoms with Crippen LogP contribution in [0.4, 0.5) is 0 Å². The number of nitrogens with zero attached hydrogens (tertiary/aromatic N) is 3. The molecule has 124 valence electrons. The molecule has 1 unspecified atom stereocenters. The first-order valence-electron chi connectivity index (χ1n) is 8.46. The molecule has 5 nitrogen and oxygen atoms in total. The summed E-state index contributed by atoms with van der Waals surface area (Å²) >= 11 is 0. The molecule has 2 aliphatic heterocycles. The third-order valence-corrected chi connectivity index (χ3v) is 4.65. The number of ether oxygens (including phenoxy) is 1. The highest BCUT2D eigenvalue weighted by Gasteiger charge is 2.28. The van der Waals surface area contributed by atoms with Crippen molar-refractivity contribution in [1.29, 1.82) is 0 Å². The Labute approximate surface area is 137 Å². The summed E-state index contributed by atoms with van der Waals surface area (Å²) in [5, 5.41) is 0. The highest BCUT2D eigenvalue weighted by Crippen LogP contribution is 2.19. The zero-order chi connectivity index (χ0) is 16.1. The van der Waals surface area contributed by atoms with E-state index in [0.29, 0.717) is 12.1 Å². The van der Waals surface area contributed by atoms with Crippen molar-refractivity contribution in [3.05, 3.63) is 36.2 Å². The summed E-state index contributed by atoms with van der Waals surface area (Å²) < 4.78 is 5.61. The molecule has 0 saturated carbocycles. The molecular weight excluding hydrogens is 290 g/mol. The Kier molecular flexibility index (Phi) is 5.41. The topological polar surface area (TPSA) is 45.7 Å². The predicted molar refractivity (Wildman–Crippen MR) is 89.9 cm³/mol. The Morgan fingerprint density at radius 3 is 2.83 bits per heavy atom. The molecule has 0 spiro atoms. The molecule has 1 amide bonds. The lowest BCUT2D eigenvalue weighted by atomic mass is 10.0. The molecule has 3 rings (SSSR count). The van der Waals surface area contributed by atoms with E-state index in [1.165, 1.54) is 0 Å². The highest BCUT2D eigenvalue weighted by atomic mass is 16.5. The van der Waals surface area contributed by atoms with Crippen LogP contribution in [0, 0.1) is 0 Å². The van der Waals surface area contributed by atoms with E-state index in [1.807, 2.05) is 23.1 Å². The van der Waals surface area contributed by atoms with Gasteiger partial charge in [0.2, 0.25) is 5.91 Å². The third-order valence-electron chi connectivity index (χ3n) is 4.65. The summed E-state index contributed by atoms with van der Waals surface area (Å²) in [5.74, 6) is 0.0875. The summed E-state index contributed by atoms with van der Waals surface area (Å²) in [4.78, 5) is 21.0. The minimum absolute atomic E-state index is 0.0875. The number of rotatable bonds is 3. The number of amides is 1. The number of pyridine rings is 1. The zero-order valence-corrected chi connectivity index (χ0v) is 13.7. The van der Waals surface area contributed by atoms with Gasteiger partial charge in [-0.2, -0.15) is 0 Å². The summed E-state index contributed by atoms with van der Waals surface area (Å²) in [5.41, 5.74) is 0.818. The maximum atomic E-state index is 12.3. The minimum atomic E-state index is 0.0875. The summed E-state index contributed by atoms with van der Waals surface area (Å²) in [6, 6.07) is 6.28. The smallest absolute Gasteiger partial charge is 0.246 e. The Hall–Kier alpha value is -1.72. The van der Waals surface area contributed by atoms with Crippen molar-refractivity contribution in [1.82, 2.24) is 14.8 Å². The van der Waals surface area contributed by atoms with Gasteiger partial charge in [0.1, 0.15) is 0 Å². The molecule has 3 heterocycles. The van der Waals surface area contributed by atoms with Gasteiger partial charge in [0, 0.05) is 44.5 Å². The first-order valence-corrected chi connectivity index (χ1v) is 8.46. The van der Waals surface area contributed by atoms with E-state index < -0.39 is 0 Å². The van der Waals surface area contributed by atoms with Crippen LogP contribution in [0.1, 0.15) is 25.5 Å². The first-order chi connectivity index (χ1) is 11.2. The Morgan fingerprint density at radius 2 is 2.13 bits per heavy atom. The van der Waals surface area contributed by atoms with Gasteiger partial charge in [-0.3, -0.25) is 14.7 Å². The van der Waals surface area contributed by atoms with E-state index in [4.69, 9.17) is 4.74 Å². The average Bonchev–Trinajstić information content (AvgIpc) is 2.61. The third kappa shape index (κ3) is 4.39. The molecule has 1 atom stereocenters. The number of morpholine rings is 1. The molecular formula is C18H25N3O2. The van der Waals surface area contributed by atoms with E-state index >= 15 is 0 Å². The number of aromatic nitrogens is 1. The van der Waals surface area contributed by atoms with E-state index in [0.717, 1.165) is 51.3 Å². The quantitative estimate of drug-likeness (QED) is 0.798. The average molecular weight is 315 g/mol. The number of piperidine rings is 1. The van der Waals surface area contributed by atoms with Crippen molar-refractivity contribution in [2.24, 2.45) is 0 Å². The van der Waals surface area contributed by atoms with Crippen LogP contribution in [0.2, 0.25) is 0 Å². The van der Waals surface area contributed by atoms with Crippen LogP contribution in [0.25, 0.3) is 6.08 Å². The van der Waals surface area contributed by atoms with Crippen LogP contribution in [0.15, 0.2) is 30.5 Å². The molecule has 0 aromatic carbocycles. The molecule has 0 N–H and O–H groups in total. The Bertz CT molecular complexity index is 538.